The summed E-state index contributed by atoms with van der Waals surface area (Å²) in [6.45, 7) is 1.05. The van der Waals surface area contributed by atoms with E-state index in [0.29, 0.717) is 24.7 Å². The largest absolute Gasteiger partial charge is 0.490 e. The molecule has 0 aliphatic carbocycles. The molecule has 17 heavy (non-hydrogen) atoms. The quantitative estimate of drug-likeness (QED) is 0.790. The summed E-state index contributed by atoms with van der Waals surface area (Å²) in [5, 5.41) is 8.46. The summed E-state index contributed by atoms with van der Waals surface area (Å²) in [7, 11) is -3.55. The van der Waals surface area contributed by atoms with Crippen LogP contribution in [0.5, 0.6) is 11.5 Å². The molecule has 0 saturated carbocycles. The molecule has 6 heteroatoms. The molecule has 1 aromatic rings. The number of hydrogen-bond donors (Lipinski definition) is 0. The molecule has 0 N–H and O–H groups in total. The van der Waals surface area contributed by atoms with Crippen LogP contribution >= 0.6 is 0 Å². The third-order valence-electron chi connectivity index (χ3n) is 2.33. The number of hydrogen-bond acceptors (Lipinski definition) is 5. The zero-order valence-corrected chi connectivity index (χ0v) is 9.87. The molecular formula is C11H11NO4S. The number of benzene rings is 1. The fourth-order valence-electron chi connectivity index (χ4n) is 1.51. The van der Waals surface area contributed by atoms with E-state index in [-0.39, 0.29) is 4.90 Å². The van der Waals surface area contributed by atoms with Crippen molar-refractivity contribution < 1.29 is 17.9 Å². The van der Waals surface area contributed by atoms with Gasteiger partial charge in [-0.3, -0.25) is 0 Å². The Balaban J connectivity index is 2.40. The topological polar surface area (TPSA) is 76.4 Å². The molecule has 0 bridgehead atoms. The van der Waals surface area contributed by atoms with Crippen molar-refractivity contribution in [2.24, 2.45) is 0 Å². The van der Waals surface area contributed by atoms with Gasteiger partial charge in [-0.15, -0.1) is 0 Å². The maximum Gasteiger partial charge on any atom is 0.191 e. The van der Waals surface area contributed by atoms with Crippen molar-refractivity contribution in [3.05, 3.63) is 18.2 Å². The van der Waals surface area contributed by atoms with Crippen LogP contribution in [-0.4, -0.2) is 27.4 Å². The van der Waals surface area contributed by atoms with Crippen LogP contribution in [0.25, 0.3) is 0 Å². The van der Waals surface area contributed by atoms with Gasteiger partial charge in [0.15, 0.2) is 21.3 Å². The molecule has 2 rings (SSSR count). The third kappa shape index (κ3) is 2.50. The van der Waals surface area contributed by atoms with E-state index >= 15 is 0 Å². The van der Waals surface area contributed by atoms with Gasteiger partial charge in [0, 0.05) is 12.5 Å². The lowest BCUT2D eigenvalue weighted by atomic mass is 10.3. The van der Waals surface area contributed by atoms with Crippen LogP contribution in [0, 0.1) is 11.3 Å². The van der Waals surface area contributed by atoms with Gasteiger partial charge in [0.1, 0.15) is 5.75 Å². The van der Waals surface area contributed by atoms with Crippen molar-refractivity contribution in [1.82, 2.24) is 0 Å². The monoisotopic (exact) mass is 253 g/mol. The van der Waals surface area contributed by atoms with Crippen LogP contribution in [0.4, 0.5) is 0 Å². The van der Waals surface area contributed by atoms with Crippen LogP contribution in [0.2, 0.25) is 0 Å². The second-order valence-corrected chi connectivity index (χ2v) is 5.57. The first-order chi connectivity index (χ1) is 8.13. The minimum Gasteiger partial charge on any atom is -0.490 e. The zero-order chi connectivity index (χ0) is 12.3. The second-order valence-electron chi connectivity index (χ2n) is 3.58. The molecule has 0 fully saturated rings. The van der Waals surface area contributed by atoms with Gasteiger partial charge in [0.25, 0.3) is 0 Å². The van der Waals surface area contributed by atoms with E-state index in [2.05, 4.69) is 0 Å². The van der Waals surface area contributed by atoms with Crippen molar-refractivity contribution in [2.45, 2.75) is 11.3 Å². The van der Waals surface area contributed by atoms with E-state index in [0.717, 1.165) is 6.42 Å². The molecule has 1 aromatic carbocycles. The summed E-state index contributed by atoms with van der Waals surface area (Å²) in [4.78, 5) is 0.0864. The average molecular weight is 253 g/mol. The van der Waals surface area contributed by atoms with Gasteiger partial charge in [-0.25, -0.2) is 8.42 Å². The molecule has 0 unspecified atom stereocenters. The van der Waals surface area contributed by atoms with Crippen LogP contribution < -0.4 is 9.47 Å². The molecule has 0 amide bonds. The summed E-state index contributed by atoms with van der Waals surface area (Å²) in [6.07, 6.45) is 0.759. The summed E-state index contributed by atoms with van der Waals surface area (Å²) < 4.78 is 34.2. The Bertz CT molecular complexity index is 559. The van der Waals surface area contributed by atoms with Gasteiger partial charge in [0.2, 0.25) is 0 Å². The summed E-state index contributed by atoms with van der Waals surface area (Å²) in [5.74, 6) is 0.423. The summed E-state index contributed by atoms with van der Waals surface area (Å²) >= 11 is 0. The van der Waals surface area contributed by atoms with E-state index in [1.807, 2.05) is 0 Å². The Morgan fingerprint density at radius 3 is 2.65 bits per heavy atom. The molecule has 1 aliphatic rings. The van der Waals surface area contributed by atoms with Crippen molar-refractivity contribution in [3.63, 3.8) is 0 Å². The predicted octanol–water partition coefficient (Wildman–Crippen LogP) is 1.15. The minimum atomic E-state index is -3.55. The van der Waals surface area contributed by atoms with Gasteiger partial charge in [-0.2, -0.15) is 5.26 Å². The number of rotatable bonds is 2. The standard InChI is InChI=1S/C11H11NO4S/c12-4-7-17(13,14)9-2-3-10-11(8-9)16-6-1-5-15-10/h2-3,8H,1,5-7H2. The van der Waals surface area contributed by atoms with Crippen LogP contribution in [-0.2, 0) is 9.84 Å². The normalized spacial score (nSPS) is 14.8. The Morgan fingerprint density at radius 1 is 1.24 bits per heavy atom. The van der Waals surface area contributed by atoms with E-state index in [1.165, 1.54) is 12.1 Å². The lowest BCUT2D eigenvalue weighted by molar-refractivity contribution is 0.297. The van der Waals surface area contributed by atoms with Gasteiger partial charge in [0.05, 0.1) is 24.2 Å². The Labute approximate surface area is 99.5 Å². The smallest absolute Gasteiger partial charge is 0.191 e. The van der Waals surface area contributed by atoms with Crippen LogP contribution in [0.3, 0.4) is 0 Å². The number of nitriles is 1. The van der Waals surface area contributed by atoms with Crippen LogP contribution in [0.1, 0.15) is 6.42 Å². The lowest BCUT2D eigenvalue weighted by Gasteiger charge is -2.08. The van der Waals surface area contributed by atoms with Crippen molar-refractivity contribution in [3.8, 4) is 17.6 Å². The molecule has 5 nitrogen and oxygen atoms in total. The van der Waals surface area contributed by atoms with E-state index in [1.54, 1.807) is 12.1 Å². The Kier molecular flexibility index (Phi) is 3.20. The highest BCUT2D eigenvalue weighted by Crippen LogP contribution is 2.32. The highest BCUT2D eigenvalue weighted by atomic mass is 32.2. The van der Waals surface area contributed by atoms with E-state index < -0.39 is 15.6 Å². The SMILES string of the molecule is N#CCS(=O)(=O)c1ccc2c(c1)OCCCO2. The lowest BCUT2D eigenvalue weighted by Crippen LogP contribution is -2.05. The minimum absolute atomic E-state index is 0.0864. The Morgan fingerprint density at radius 2 is 1.94 bits per heavy atom. The van der Waals surface area contributed by atoms with Crippen molar-refractivity contribution in [2.75, 3.05) is 19.0 Å². The van der Waals surface area contributed by atoms with Crippen molar-refractivity contribution in [1.29, 1.82) is 5.26 Å². The third-order valence-corrected chi connectivity index (χ3v) is 3.81. The van der Waals surface area contributed by atoms with Gasteiger partial charge in [-0.05, 0) is 12.1 Å². The number of sulfone groups is 1. The predicted molar refractivity (Wildman–Crippen MR) is 59.7 cm³/mol. The average Bonchev–Trinajstić information content (AvgIpc) is 2.52. The zero-order valence-electron chi connectivity index (χ0n) is 9.05. The Hall–Kier alpha value is -1.74. The fraction of sp³-hybridized carbons (Fsp3) is 0.364. The maximum absolute atomic E-state index is 11.7. The molecule has 0 atom stereocenters. The molecular weight excluding hydrogens is 242 g/mol. The highest BCUT2D eigenvalue weighted by Gasteiger charge is 2.18. The molecule has 0 aromatic heterocycles. The number of ether oxygens (including phenoxy) is 2. The fourth-order valence-corrected chi connectivity index (χ4v) is 2.40. The molecule has 0 radical (unpaired) electrons. The maximum atomic E-state index is 11.7. The second kappa shape index (κ2) is 4.63. The summed E-state index contributed by atoms with van der Waals surface area (Å²) in [6, 6.07) is 6.04. The van der Waals surface area contributed by atoms with Gasteiger partial charge >= 0.3 is 0 Å². The molecule has 90 valence electrons. The van der Waals surface area contributed by atoms with Crippen molar-refractivity contribution >= 4 is 9.84 Å². The van der Waals surface area contributed by atoms with E-state index in [9.17, 15) is 8.42 Å². The number of nitrogens with zero attached hydrogens (tertiary/aromatic N) is 1. The highest BCUT2D eigenvalue weighted by molar-refractivity contribution is 7.91. The van der Waals surface area contributed by atoms with Gasteiger partial charge in [-0.1, -0.05) is 0 Å². The first-order valence-corrected chi connectivity index (χ1v) is 6.78. The molecule has 1 heterocycles. The molecule has 0 saturated heterocycles. The van der Waals surface area contributed by atoms with Gasteiger partial charge < -0.3 is 9.47 Å². The van der Waals surface area contributed by atoms with Crippen LogP contribution in [0.15, 0.2) is 23.1 Å². The first kappa shape index (κ1) is 11.7. The molecule has 0 spiro atoms. The summed E-state index contributed by atoms with van der Waals surface area (Å²) in [5.41, 5.74) is 0. The number of fused-ring (bicyclic) bond motifs is 1. The van der Waals surface area contributed by atoms with E-state index in [4.69, 9.17) is 14.7 Å². The first-order valence-electron chi connectivity index (χ1n) is 5.13. The molecule has 1 aliphatic heterocycles.